The molecule has 1 saturated heterocycles. The number of hydrogen-bond donors (Lipinski definition) is 0. The summed E-state index contributed by atoms with van der Waals surface area (Å²) in [7, 11) is 0. The Kier molecular flexibility index (Phi) is 3.41. The lowest BCUT2D eigenvalue weighted by Crippen LogP contribution is -2.15. The molecule has 0 amide bonds. The van der Waals surface area contributed by atoms with E-state index in [0.717, 1.165) is 12.0 Å². The number of rotatable bonds is 4. The number of hydrogen-bond acceptors (Lipinski definition) is 4. The molecule has 0 saturated carbocycles. The van der Waals surface area contributed by atoms with Crippen LogP contribution in [0.25, 0.3) is 0 Å². The van der Waals surface area contributed by atoms with Crippen molar-refractivity contribution >= 4 is 5.97 Å². The summed E-state index contributed by atoms with van der Waals surface area (Å²) in [5, 5.41) is 0. The molecule has 0 bridgehead atoms. The van der Waals surface area contributed by atoms with Crippen LogP contribution in [0.15, 0.2) is 24.3 Å². The second kappa shape index (κ2) is 4.80. The van der Waals surface area contributed by atoms with Gasteiger partial charge in [0.15, 0.2) is 6.29 Å². The zero-order valence-electron chi connectivity index (χ0n) is 9.35. The smallest absolute Gasteiger partial charge is 0.303 e. The van der Waals surface area contributed by atoms with E-state index in [9.17, 15) is 4.79 Å². The Hall–Kier alpha value is -1.13. The Balaban J connectivity index is 1.96. The third kappa shape index (κ3) is 2.33. The molecule has 0 aromatic carbocycles. The molecule has 2 aliphatic rings. The van der Waals surface area contributed by atoms with E-state index in [1.54, 1.807) is 6.08 Å². The van der Waals surface area contributed by atoms with Gasteiger partial charge in [0, 0.05) is 12.8 Å². The van der Waals surface area contributed by atoms with Crippen LogP contribution < -0.4 is 0 Å². The Bertz CT molecular complexity index is 321. The quantitative estimate of drug-likeness (QED) is 0.535. The first-order valence-corrected chi connectivity index (χ1v) is 5.43. The molecule has 0 spiro atoms. The van der Waals surface area contributed by atoms with Crippen LogP contribution in [0.1, 0.15) is 13.3 Å². The normalized spacial score (nSPS) is 32.1. The van der Waals surface area contributed by atoms with Gasteiger partial charge in [-0.25, -0.2) is 0 Å². The third-order valence-electron chi connectivity index (χ3n) is 2.77. The largest absolute Gasteiger partial charge is 0.458 e. The van der Waals surface area contributed by atoms with E-state index in [0.29, 0.717) is 19.1 Å². The maximum atomic E-state index is 10.8. The zero-order valence-corrected chi connectivity index (χ0v) is 9.35. The Morgan fingerprint density at radius 2 is 2.56 bits per heavy atom. The average Bonchev–Trinajstić information content (AvgIpc) is 2.74. The maximum absolute atomic E-state index is 10.8. The van der Waals surface area contributed by atoms with Crippen LogP contribution in [0.5, 0.6) is 0 Å². The van der Waals surface area contributed by atoms with Crippen molar-refractivity contribution in [2.45, 2.75) is 25.7 Å². The van der Waals surface area contributed by atoms with E-state index in [4.69, 9.17) is 14.2 Å². The first kappa shape index (κ1) is 11.4. The highest BCUT2D eigenvalue weighted by molar-refractivity contribution is 5.66. The Morgan fingerprint density at radius 3 is 3.25 bits per heavy atom. The summed E-state index contributed by atoms with van der Waals surface area (Å²) < 4.78 is 16.1. The molecular formula is C12H16O4. The fourth-order valence-electron chi connectivity index (χ4n) is 2.17. The van der Waals surface area contributed by atoms with Gasteiger partial charge in [-0.15, -0.1) is 6.58 Å². The van der Waals surface area contributed by atoms with Gasteiger partial charge in [-0.05, 0) is 18.1 Å². The average molecular weight is 224 g/mol. The summed E-state index contributed by atoms with van der Waals surface area (Å²) in [5.41, 5.74) is 1.10. The van der Waals surface area contributed by atoms with Gasteiger partial charge in [0.2, 0.25) is 0 Å². The zero-order chi connectivity index (χ0) is 11.5. The first-order chi connectivity index (χ1) is 7.70. The van der Waals surface area contributed by atoms with Gasteiger partial charge in [-0.3, -0.25) is 4.79 Å². The minimum absolute atomic E-state index is 0.115. The summed E-state index contributed by atoms with van der Waals surface area (Å²) in [4.78, 5) is 10.8. The molecule has 1 fully saturated rings. The van der Waals surface area contributed by atoms with Gasteiger partial charge in [0.25, 0.3) is 0 Å². The van der Waals surface area contributed by atoms with E-state index in [1.807, 2.05) is 6.08 Å². The summed E-state index contributed by atoms with van der Waals surface area (Å²) in [5.74, 6) is 0.0884. The van der Waals surface area contributed by atoms with Crippen LogP contribution in [0, 0.1) is 5.92 Å². The van der Waals surface area contributed by atoms with Crippen molar-refractivity contribution in [1.82, 2.24) is 0 Å². The maximum Gasteiger partial charge on any atom is 0.303 e. The number of esters is 1. The van der Waals surface area contributed by atoms with Gasteiger partial charge in [-0.1, -0.05) is 6.08 Å². The van der Waals surface area contributed by atoms with Crippen LogP contribution in [0.4, 0.5) is 0 Å². The molecule has 4 nitrogen and oxygen atoms in total. The first-order valence-electron chi connectivity index (χ1n) is 5.43. The van der Waals surface area contributed by atoms with E-state index < -0.39 is 0 Å². The monoisotopic (exact) mass is 224 g/mol. The van der Waals surface area contributed by atoms with E-state index in [1.165, 1.54) is 6.92 Å². The standard InChI is InChI=1S/C12H16O4/c1-3-4-14-12-11-6-10(16-8(2)13)5-9(11)7-15-12/h3,6,9-10,12H,1,4-5,7H2,2H3/t9?,10-,12?/m1/s1. The van der Waals surface area contributed by atoms with Gasteiger partial charge < -0.3 is 14.2 Å². The topological polar surface area (TPSA) is 44.8 Å². The second-order valence-electron chi connectivity index (χ2n) is 4.03. The Labute approximate surface area is 94.9 Å². The lowest BCUT2D eigenvalue weighted by molar-refractivity contribution is -0.144. The van der Waals surface area contributed by atoms with Crippen LogP contribution in [-0.2, 0) is 19.0 Å². The minimum atomic E-state index is -0.288. The number of ether oxygens (including phenoxy) is 3. The molecule has 4 heteroatoms. The van der Waals surface area contributed by atoms with Crippen LogP contribution >= 0.6 is 0 Å². The molecule has 88 valence electrons. The SMILES string of the molecule is C=CCOC1OCC2C[C@@H](OC(C)=O)C=C21. The lowest BCUT2D eigenvalue weighted by Gasteiger charge is -2.11. The number of carbonyl (C=O) groups excluding carboxylic acids is 1. The van der Waals surface area contributed by atoms with Crippen LogP contribution in [0.2, 0.25) is 0 Å². The predicted octanol–water partition coefficient (Wildman–Crippen LogP) is 1.42. The third-order valence-corrected chi connectivity index (χ3v) is 2.77. The molecular weight excluding hydrogens is 208 g/mol. The van der Waals surface area contributed by atoms with Crippen molar-refractivity contribution in [1.29, 1.82) is 0 Å². The van der Waals surface area contributed by atoms with Gasteiger partial charge in [-0.2, -0.15) is 0 Å². The van der Waals surface area contributed by atoms with E-state index >= 15 is 0 Å². The highest BCUT2D eigenvalue weighted by atomic mass is 16.7. The molecule has 0 aromatic rings. The molecule has 2 rings (SSSR count). The fourth-order valence-corrected chi connectivity index (χ4v) is 2.17. The van der Waals surface area contributed by atoms with Crippen molar-refractivity contribution in [3.05, 3.63) is 24.3 Å². The molecule has 1 aliphatic carbocycles. The highest BCUT2D eigenvalue weighted by Crippen LogP contribution is 2.37. The molecule has 0 radical (unpaired) electrons. The van der Waals surface area contributed by atoms with Crippen molar-refractivity contribution in [2.75, 3.05) is 13.2 Å². The summed E-state index contributed by atoms with van der Waals surface area (Å²) in [6, 6.07) is 0. The molecule has 3 atom stereocenters. The molecule has 1 heterocycles. The van der Waals surface area contributed by atoms with E-state index in [-0.39, 0.29) is 18.4 Å². The molecule has 1 aliphatic heterocycles. The highest BCUT2D eigenvalue weighted by Gasteiger charge is 2.39. The summed E-state index contributed by atoms with van der Waals surface area (Å²) in [6.45, 7) is 6.13. The lowest BCUT2D eigenvalue weighted by atomic mass is 10.1. The van der Waals surface area contributed by atoms with Crippen molar-refractivity contribution < 1.29 is 19.0 Å². The van der Waals surface area contributed by atoms with E-state index in [2.05, 4.69) is 6.58 Å². The van der Waals surface area contributed by atoms with Gasteiger partial charge in [0.05, 0.1) is 13.2 Å². The second-order valence-corrected chi connectivity index (χ2v) is 4.03. The predicted molar refractivity (Wildman–Crippen MR) is 57.6 cm³/mol. The Morgan fingerprint density at radius 1 is 1.75 bits per heavy atom. The van der Waals surface area contributed by atoms with Crippen LogP contribution in [0.3, 0.4) is 0 Å². The summed E-state index contributed by atoms with van der Waals surface area (Å²) in [6.07, 6.45) is 4.05. The van der Waals surface area contributed by atoms with Crippen molar-refractivity contribution in [3.8, 4) is 0 Å². The molecule has 2 unspecified atom stereocenters. The molecule has 0 aromatic heterocycles. The molecule has 0 N–H and O–H groups in total. The van der Waals surface area contributed by atoms with Crippen molar-refractivity contribution in [2.24, 2.45) is 5.92 Å². The molecule has 16 heavy (non-hydrogen) atoms. The summed E-state index contributed by atoms with van der Waals surface area (Å²) >= 11 is 0. The number of carbonyl (C=O) groups is 1. The fraction of sp³-hybridized carbons (Fsp3) is 0.583. The minimum Gasteiger partial charge on any atom is -0.458 e. The van der Waals surface area contributed by atoms with Crippen molar-refractivity contribution in [3.63, 3.8) is 0 Å². The van der Waals surface area contributed by atoms with Crippen LogP contribution in [-0.4, -0.2) is 31.6 Å². The number of fused-ring (bicyclic) bond motifs is 1. The van der Waals surface area contributed by atoms with Gasteiger partial charge >= 0.3 is 5.97 Å². The van der Waals surface area contributed by atoms with Gasteiger partial charge in [0.1, 0.15) is 6.10 Å².